The van der Waals surface area contributed by atoms with Crippen LogP contribution < -0.4 is 10.3 Å². The van der Waals surface area contributed by atoms with Crippen molar-refractivity contribution in [2.75, 3.05) is 14.2 Å². The highest BCUT2D eigenvalue weighted by Gasteiger charge is 2.23. The smallest absolute Gasteiger partial charge is 0.263 e. The zero-order valence-corrected chi connectivity index (χ0v) is 16.3. The Kier molecular flexibility index (Phi) is 5.94. The summed E-state index contributed by atoms with van der Waals surface area (Å²) in [5.74, 6) is 0.398. The highest BCUT2D eigenvalue weighted by atomic mass is 16.5. The Morgan fingerprint density at radius 1 is 1.04 bits per heavy atom. The summed E-state index contributed by atoms with van der Waals surface area (Å²) in [6.07, 6.45) is 1.70. The molecule has 0 radical (unpaired) electrons. The van der Waals surface area contributed by atoms with Crippen molar-refractivity contribution in [2.24, 2.45) is 0 Å². The molecular formula is C23H24N2O3. The van der Waals surface area contributed by atoms with Crippen LogP contribution in [0, 0.1) is 0 Å². The molecule has 0 aliphatic rings. The van der Waals surface area contributed by atoms with Crippen molar-refractivity contribution in [1.82, 2.24) is 9.47 Å². The summed E-state index contributed by atoms with van der Waals surface area (Å²) >= 11 is 0. The van der Waals surface area contributed by atoms with Gasteiger partial charge < -0.3 is 14.2 Å². The average Bonchev–Trinajstić information content (AvgIpc) is 2.74. The molecule has 144 valence electrons. The van der Waals surface area contributed by atoms with Crippen molar-refractivity contribution >= 4 is 5.91 Å². The molecule has 1 unspecified atom stereocenters. The molecule has 0 saturated carbocycles. The molecule has 1 heterocycles. The predicted molar refractivity (Wildman–Crippen MR) is 110 cm³/mol. The summed E-state index contributed by atoms with van der Waals surface area (Å²) in [7, 11) is 3.31. The number of hydrogen-bond acceptors (Lipinski definition) is 3. The maximum atomic E-state index is 13.1. The molecule has 2 aromatic carbocycles. The zero-order chi connectivity index (χ0) is 20.1. The van der Waals surface area contributed by atoms with E-state index in [1.165, 1.54) is 0 Å². The summed E-state index contributed by atoms with van der Waals surface area (Å²) in [6.45, 7) is 2.34. The van der Waals surface area contributed by atoms with Crippen LogP contribution >= 0.6 is 0 Å². The number of nitrogens with zero attached hydrogens (tertiary/aromatic N) is 2. The van der Waals surface area contributed by atoms with Gasteiger partial charge in [-0.15, -0.1) is 0 Å². The van der Waals surface area contributed by atoms with Crippen LogP contribution in [0.1, 0.15) is 34.5 Å². The largest absolute Gasteiger partial charge is 0.496 e. The monoisotopic (exact) mass is 376 g/mol. The van der Waals surface area contributed by atoms with E-state index in [-0.39, 0.29) is 23.1 Å². The number of carbonyl (C=O) groups excluding carboxylic acids is 1. The van der Waals surface area contributed by atoms with Crippen molar-refractivity contribution in [3.8, 4) is 5.75 Å². The Labute approximate surface area is 164 Å². The maximum absolute atomic E-state index is 13.1. The molecule has 0 aliphatic carbocycles. The Bertz CT molecular complexity index is 1010. The molecule has 1 atom stereocenters. The first kappa shape index (κ1) is 19.4. The normalized spacial score (nSPS) is 11.7. The van der Waals surface area contributed by atoms with Gasteiger partial charge in [0, 0.05) is 18.8 Å². The fourth-order valence-corrected chi connectivity index (χ4v) is 3.19. The van der Waals surface area contributed by atoms with E-state index < -0.39 is 0 Å². The lowest BCUT2D eigenvalue weighted by atomic mass is 10.1. The predicted octanol–water partition coefficient (Wildman–Crippen LogP) is 3.74. The third-order valence-electron chi connectivity index (χ3n) is 4.94. The molecule has 0 saturated heterocycles. The van der Waals surface area contributed by atoms with Gasteiger partial charge in [-0.05, 0) is 30.7 Å². The minimum atomic E-state index is -0.314. The number of carbonyl (C=O) groups is 1. The van der Waals surface area contributed by atoms with Gasteiger partial charge in [-0.25, -0.2) is 0 Å². The lowest BCUT2D eigenvalue weighted by Gasteiger charge is -2.26. The first-order valence-corrected chi connectivity index (χ1v) is 9.16. The van der Waals surface area contributed by atoms with Gasteiger partial charge in [0.15, 0.2) is 0 Å². The standard InChI is InChI=1S/C23H24N2O3/c1-17(19-12-7-8-14-21(19)28-3)24(2)22(26)20-13-9-15-25(23(20)27)16-18-10-5-4-6-11-18/h4-15,17H,16H2,1-3H3. The van der Waals surface area contributed by atoms with E-state index in [9.17, 15) is 9.59 Å². The van der Waals surface area contributed by atoms with Crippen LogP contribution in [0.15, 0.2) is 77.7 Å². The maximum Gasteiger partial charge on any atom is 0.263 e. The summed E-state index contributed by atoms with van der Waals surface area (Å²) in [5, 5.41) is 0. The number of aromatic nitrogens is 1. The molecule has 0 bridgehead atoms. The molecule has 1 aromatic heterocycles. The Hall–Kier alpha value is -3.34. The quantitative estimate of drug-likeness (QED) is 0.659. The topological polar surface area (TPSA) is 51.5 Å². The third kappa shape index (κ3) is 3.98. The van der Waals surface area contributed by atoms with E-state index in [0.717, 1.165) is 11.1 Å². The van der Waals surface area contributed by atoms with Crippen LogP contribution in [-0.2, 0) is 6.54 Å². The van der Waals surface area contributed by atoms with Crippen molar-refractivity contribution < 1.29 is 9.53 Å². The minimum absolute atomic E-state index is 0.155. The van der Waals surface area contributed by atoms with Crippen molar-refractivity contribution in [2.45, 2.75) is 19.5 Å². The lowest BCUT2D eigenvalue weighted by molar-refractivity contribution is 0.0738. The number of hydrogen-bond donors (Lipinski definition) is 0. The van der Waals surface area contributed by atoms with E-state index in [4.69, 9.17) is 4.74 Å². The van der Waals surface area contributed by atoms with E-state index in [1.807, 2.05) is 61.5 Å². The van der Waals surface area contributed by atoms with Gasteiger partial charge in [0.1, 0.15) is 11.3 Å². The van der Waals surface area contributed by atoms with Gasteiger partial charge in [0.25, 0.3) is 11.5 Å². The second kappa shape index (κ2) is 8.57. The molecule has 0 spiro atoms. The highest BCUT2D eigenvalue weighted by Crippen LogP contribution is 2.28. The van der Waals surface area contributed by atoms with Gasteiger partial charge in [-0.3, -0.25) is 9.59 Å². The Morgan fingerprint density at radius 3 is 2.43 bits per heavy atom. The molecule has 3 aromatic rings. The molecule has 0 N–H and O–H groups in total. The molecule has 5 heteroatoms. The summed E-state index contributed by atoms with van der Waals surface area (Å²) in [6, 6.07) is 20.3. The number of para-hydroxylation sites is 1. The van der Waals surface area contributed by atoms with Crippen LogP contribution in [-0.4, -0.2) is 29.5 Å². The van der Waals surface area contributed by atoms with E-state index >= 15 is 0 Å². The highest BCUT2D eigenvalue weighted by molar-refractivity contribution is 5.94. The number of ether oxygens (including phenoxy) is 1. The van der Waals surface area contributed by atoms with Crippen molar-refractivity contribution in [3.05, 3.63) is 100.0 Å². The van der Waals surface area contributed by atoms with Gasteiger partial charge >= 0.3 is 0 Å². The Balaban J connectivity index is 1.88. The lowest BCUT2D eigenvalue weighted by Crippen LogP contribution is -2.35. The first-order valence-electron chi connectivity index (χ1n) is 9.16. The van der Waals surface area contributed by atoms with Gasteiger partial charge in [0.05, 0.1) is 19.7 Å². The van der Waals surface area contributed by atoms with Crippen molar-refractivity contribution in [1.29, 1.82) is 0 Å². The molecule has 5 nitrogen and oxygen atoms in total. The summed E-state index contributed by atoms with van der Waals surface area (Å²) < 4.78 is 6.97. The molecule has 28 heavy (non-hydrogen) atoms. The SMILES string of the molecule is COc1ccccc1C(C)N(C)C(=O)c1cccn(Cc2ccccc2)c1=O. The molecule has 1 amide bonds. The molecule has 0 aliphatic heterocycles. The van der Waals surface area contributed by atoms with Crippen LogP contribution in [0.3, 0.4) is 0 Å². The van der Waals surface area contributed by atoms with Gasteiger partial charge in [-0.1, -0.05) is 48.5 Å². The zero-order valence-electron chi connectivity index (χ0n) is 16.3. The number of pyridine rings is 1. The summed E-state index contributed by atoms with van der Waals surface area (Å²) in [5.41, 5.74) is 1.75. The number of amides is 1. The Morgan fingerprint density at radius 2 is 1.71 bits per heavy atom. The molecular weight excluding hydrogens is 352 g/mol. The first-order chi connectivity index (χ1) is 13.5. The van der Waals surface area contributed by atoms with Gasteiger partial charge in [0.2, 0.25) is 0 Å². The average molecular weight is 376 g/mol. The number of methoxy groups -OCH3 is 1. The summed E-state index contributed by atoms with van der Waals surface area (Å²) in [4.78, 5) is 27.5. The molecule has 0 fully saturated rings. The van der Waals surface area contributed by atoms with Crippen LogP contribution in [0.5, 0.6) is 5.75 Å². The fourth-order valence-electron chi connectivity index (χ4n) is 3.19. The van der Waals surface area contributed by atoms with E-state index in [1.54, 1.807) is 42.0 Å². The van der Waals surface area contributed by atoms with Crippen LogP contribution in [0.4, 0.5) is 0 Å². The number of rotatable bonds is 6. The van der Waals surface area contributed by atoms with Crippen LogP contribution in [0.2, 0.25) is 0 Å². The van der Waals surface area contributed by atoms with Crippen molar-refractivity contribution in [3.63, 3.8) is 0 Å². The second-order valence-corrected chi connectivity index (χ2v) is 6.67. The van der Waals surface area contributed by atoms with E-state index in [2.05, 4.69) is 0 Å². The second-order valence-electron chi connectivity index (χ2n) is 6.67. The van der Waals surface area contributed by atoms with Gasteiger partial charge in [-0.2, -0.15) is 0 Å². The van der Waals surface area contributed by atoms with E-state index in [0.29, 0.717) is 12.3 Å². The fraction of sp³-hybridized carbons (Fsp3) is 0.217. The minimum Gasteiger partial charge on any atom is -0.496 e. The number of benzene rings is 2. The van der Waals surface area contributed by atoms with Crippen LogP contribution in [0.25, 0.3) is 0 Å². The molecule has 3 rings (SSSR count). The third-order valence-corrected chi connectivity index (χ3v) is 4.94.